The highest BCUT2D eigenvalue weighted by Gasteiger charge is 2.33. The van der Waals surface area contributed by atoms with Crippen LogP contribution in [0, 0.1) is 5.92 Å². The molecule has 2 unspecified atom stereocenters. The Morgan fingerprint density at radius 3 is 2.90 bits per heavy atom. The van der Waals surface area contributed by atoms with Gasteiger partial charge in [0.05, 0.1) is 5.02 Å². The Labute approximate surface area is 134 Å². The monoisotopic (exact) mass is 332 g/mol. The summed E-state index contributed by atoms with van der Waals surface area (Å²) in [7, 11) is 0. The summed E-state index contributed by atoms with van der Waals surface area (Å²) in [6, 6.07) is 3.53. The van der Waals surface area contributed by atoms with Crippen LogP contribution in [0.1, 0.15) is 23.7 Å². The van der Waals surface area contributed by atoms with E-state index in [0.29, 0.717) is 41.1 Å². The Morgan fingerprint density at radius 2 is 2.24 bits per heavy atom. The lowest BCUT2D eigenvalue weighted by Gasteiger charge is -2.21. The first-order valence-electron chi connectivity index (χ1n) is 6.70. The summed E-state index contributed by atoms with van der Waals surface area (Å²) in [5, 5.41) is 0.408. The highest BCUT2D eigenvalue weighted by Crippen LogP contribution is 2.40. The van der Waals surface area contributed by atoms with Crippen LogP contribution in [-0.2, 0) is 0 Å². The Kier molecular flexibility index (Phi) is 4.86. The van der Waals surface area contributed by atoms with Crippen LogP contribution in [0.5, 0.6) is 11.5 Å². The van der Waals surface area contributed by atoms with Gasteiger partial charge in [-0.25, -0.2) is 0 Å². The zero-order valence-electron chi connectivity index (χ0n) is 11.7. The van der Waals surface area contributed by atoms with Crippen LogP contribution >= 0.6 is 24.0 Å². The number of carbonyl (C=O) groups is 1. The van der Waals surface area contributed by atoms with Crippen molar-refractivity contribution in [2.45, 2.75) is 19.4 Å². The van der Waals surface area contributed by atoms with Crippen LogP contribution in [0.2, 0.25) is 5.02 Å². The fraction of sp³-hybridized carbons (Fsp3) is 0.500. The smallest absolute Gasteiger partial charge is 0.254 e. The summed E-state index contributed by atoms with van der Waals surface area (Å²) in [5.41, 5.74) is 6.23. The molecule has 1 aromatic rings. The van der Waals surface area contributed by atoms with Crippen LogP contribution in [0.3, 0.4) is 0 Å². The predicted molar refractivity (Wildman–Crippen MR) is 82.5 cm³/mol. The Balaban J connectivity index is 0.00000161. The third-order valence-electron chi connectivity index (χ3n) is 3.93. The number of fused-ring (bicyclic) bond motifs is 1. The summed E-state index contributed by atoms with van der Waals surface area (Å²) in [6.07, 6.45) is 0.945. The second-order valence-electron chi connectivity index (χ2n) is 5.34. The van der Waals surface area contributed by atoms with Crippen molar-refractivity contribution in [1.29, 1.82) is 0 Å². The van der Waals surface area contributed by atoms with Crippen LogP contribution in [-0.4, -0.2) is 36.7 Å². The number of amides is 1. The predicted octanol–water partition coefficient (Wildman–Crippen LogP) is 2.30. The van der Waals surface area contributed by atoms with E-state index in [0.717, 1.165) is 6.42 Å². The molecule has 21 heavy (non-hydrogen) atoms. The SMILES string of the molecule is CC1CC(CN)CN1C(=O)c1cc(Cl)c2c(c1)OCO2.Cl. The van der Waals surface area contributed by atoms with Crippen LogP contribution in [0.25, 0.3) is 0 Å². The largest absolute Gasteiger partial charge is 0.454 e. The first kappa shape index (κ1) is 16.2. The summed E-state index contributed by atoms with van der Waals surface area (Å²) >= 11 is 6.12. The molecule has 2 heterocycles. The average molecular weight is 333 g/mol. The van der Waals surface area contributed by atoms with Gasteiger partial charge >= 0.3 is 0 Å². The third-order valence-corrected chi connectivity index (χ3v) is 4.21. The number of rotatable bonds is 2. The van der Waals surface area contributed by atoms with E-state index in [2.05, 4.69) is 0 Å². The number of benzene rings is 1. The van der Waals surface area contributed by atoms with Crippen molar-refractivity contribution >= 4 is 29.9 Å². The van der Waals surface area contributed by atoms with Gasteiger partial charge in [0, 0.05) is 18.2 Å². The van der Waals surface area contributed by atoms with Crippen molar-refractivity contribution in [3.63, 3.8) is 0 Å². The molecule has 2 atom stereocenters. The molecule has 2 aliphatic rings. The van der Waals surface area contributed by atoms with Gasteiger partial charge in [0.1, 0.15) is 0 Å². The molecule has 0 aliphatic carbocycles. The molecule has 0 bridgehead atoms. The summed E-state index contributed by atoms with van der Waals surface area (Å²) < 4.78 is 10.6. The standard InChI is InChI=1S/C14H17ClN2O3.ClH/c1-8-2-9(5-16)6-17(8)14(18)10-3-11(15)13-12(4-10)19-7-20-13;/h3-4,8-9H,2,5-7,16H2,1H3;1H. The Morgan fingerprint density at radius 1 is 1.48 bits per heavy atom. The number of halogens is 2. The molecule has 2 aliphatic heterocycles. The molecule has 116 valence electrons. The third kappa shape index (κ3) is 2.91. The zero-order valence-corrected chi connectivity index (χ0v) is 13.2. The molecule has 7 heteroatoms. The Bertz CT molecular complexity index is 553. The lowest BCUT2D eigenvalue weighted by molar-refractivity contribution is 0.0743. The molecule has 3 rings (SSSR count). The minimum atomic E-state index is -0.0337. The number of nitrogens with zero attached hydrogens (tertiary/aromatic N) is 1. The molecule has 5 nitrogen and oxygen atoms in total. The number of likely N-dealkylation sites (tertiary alicyclic amines) is 1. The molecule has 1 saturated heterocycles. The van der Waals surface area contributed by atoms with Gasteiger partial charge in [-0.3, -0.25) is 4.79 Å². The second kappa shape index (κ2) is 6.30. The van der Waals surface area contributed by atoms with E-state index in [1.54, 1.807) is 12.1 Å². The van der Waals surface area contributed by atoms with Gasteiger partial charge in [-0.1, -0.05) is 11.6 Å². The molecule has 2 N–H and O–H groups in total. The van der Waals surface area contributed by atoms with Gasteiger partial charge in [0.15, 0.2) is 11.5 Å². The fourth-order valence-corrected chi connectivity index (χ4v) is 3.12. The van der Waals surface area contributed by atoms with E-state index in [1.807, 2.05) is 11.8 Å². The molecular weight excluding hydrogens is 315 g/mol. The molecular formula is C14H18Cl2N2O3. The van der Waals surface area contributed by atoms with Crippen molar-refractivity contribution < 1.29 is 14.3 Å². The molecule has 1 fully saturated rings. The first-order valence-corrected chi connectivity index (χ1v) is 7.08. The van der Waals surface area contributed by atoms with E-state index < -0.39 is 0 Å². The number of hydrogen-bond acceptors (Lipinski definition) is 4. The number of carbonyl (C=O) groups excluding carboxylic acids is 1. The molecule has 1 amide bonds. The summed E-state index contributed by atoms with van der Waals surface area (Å²) in [6.45, 7) is 3.49. The van der Waals surface area contributed by atoms with E-state index in [9.17, 15) is 4.79 Å². The van der Waals surface area contributed by atoms with Crippen molar-refractivity contribution in [3.8, 4) is 11.5 Å². The second-order valence-corrected chi connectivity index (χ2v) is 5.74. The van der Waals surface area contributed by atoms with Gasteiger partial charge in [0.2, 0.25) is 6.79 Å². The molecule has 0 aromatic heterocycles. The van der Waals surface area contributed by atoms with Gasteiger partial charge in [-0.2, -0.15) is 0 Å². The number of nitrogens with two attached hydrogens (primary N) is 1. The maximum Gasteiger partial charge on any atom is 0.254 e. The lowest BCUT2D eigenvalue weighted by atomic mass is 10.1. The van der Waals surface area contributed by atoms with E-state index in [4.69, 9.17) is 26.8 Å². The molecule has 0 spiro atoms. The Hall–Kier alpha value is -1.17. The van der Waals surface area contributed by atoms with Crippen molar-refractivity contribution in [2.24, 2.45) is 11.7 Å². The minimum absolute atomic E-state index is 0. The van der Waals surface area contributed by atoms with Gasteiger partial charge in [-0.05, 0) is 37.9 Å². The normalized spacial score (nSPS) is 23.1. The van der Waals surface area contributed by atoms with Gasteiger partial charge in [0.25, 0.3) is 5.91 Å². The van der Waals surface area contributed by atoms with Crippen molar-refractivity contribution in [2.75, 3.05) is 19.9 Å². The summed E-state index contributed by atoms with van der Waals surface area (Å²) in [5.74, 6) is 1.38. The lowest BCUT2D eigenvalue weighted by Crippen LogP contribution is -2.34. The maximum absolute atomic E-state index is 12.6. The van der Waals surface area contributed by atoms with Crippen LogP contribution in [0.4, 0.5) is 0 Å². The van der Waals surface area contributed by atoms with Gasteiger partial charge in [-0.15, -0.1) is 12.4 Å². The van der Waals surface area contributed by atoms with E-state index in [1.165, 1.54) is 0 Å². The first-order chi connectivity index (χ1) is 9.60. The maximum atomic E-state index is 12.6. The van der Waals surface area contributed by atoms with Crippen LogP contribution < -0.4 is 15.2 Å². The summed E-state index contributed by atoms with van der Waals surface area (Å²) in [4.78, 5) is 14.5. The molecule has 0 saturated carbocycles. The van der Waals surface area contributed by atoms with Gasteiger partial charge < -0.3 is 20.1 Å². The zero-order chi connectivity index (χ0) is 14.3. The quantitative estimate of drug-likeness (QED) is 0.902. The number of ether oxygens (including phenoxy) is 2. The molecule has 0 radical (unpaired) electrons. The average Bonchev–Trinajstić information content (AvgIpc) is 3.04. The van der Waals surface area contributed by atoms with E-state index >= 15 is 0 Å². The number of hydrogen-bond donors (Lipinski definition) is 1. The minimum Gasteiger partial charge on any atom is -0.454 e. The fourth-order valence-electron chi connectivity index (χ4n) is 2.85. The highest BCUT2D eigenvalue weighted by atomic mass is 35.5. The van der Waals surface area contributed by atoms with Crippen molar-refractivity contribution in [1.82, 2.24) is 4.90 Å². The van der Waals surface area contributed by atoms with Crippen molar-refractivity contribution in [3.05, 3.63) is 22.7 Å². The van der Waals surface area contributed by atoms with Crippen LogP contribution in [0.15, 0.2) is 12.1 Å². The molecule has 1 aromatic carbocycles. The van der Waals surface area contributed by atoms with E-state index in [-0.39, 0.29) is 31.1 Å². The highest BCUT2D eigenvalue weighted by molar-refractivity contribution is 6.32. The topological polar surface area (TPSA) is 64.8 Å².